The van der Waals surface area contributed by atoms with Gasteiger partial charge in [0.25, 0.3) is 5.91 Å². The van der Waals surface area contributed by atoms with Crippen LogP contribution >= 0.6 is 0 Å². The highest BCUT2D eigenvalue weighted by Crippen LogP contribution is 2.15. The van der Waals surface area contributed by atoms with Crippen LogP contribution < -0.4 is 10.6 Å². The maximum atomic E-state index is 12.2. The number of aryl methyl sites for hydroxylation is 1. The largest absolute Gasteiger partial charge is 0.348 e. The number of rotatable bonds is 7. The highest BCUT2D eigenvalue weighted by molar-refractivity contribution is 7.89. The molecule has 1 aromatic carbocycles. The van der Waals surface area contributed by atoms with Crippen LogP contribution in [0.4, 0.5) is 0 Å². The summed E-state index contributed by atoms with van der Waals surface area (Å²) in [6.45, 7) is 1.58. The van der Waals surface area contributed by atoms with Crippen LogP contribution in [0.15, 0.2) is 41.6 Å². The molecule has 0 bridgehead atoms. The first-order valence-electron chi connectivity index (χ1n) is 8.20. The van der Waals surface area contributed by atoms with E-state index in [-0.39, 0.29) is 29.0 Å². The number of benzene rings is 1. The summed E-state index contributed by atoms with van der Waals surface area (Å²) in [4.78, 5) is 24.3. The van der Waals surface area contributed by atoms with Crippen LogP contribution in [0.1, 0.15) is 28.9 Å². The number of hydrogen-bond acceptors (Lipinski definition) is 5. The van der Waals surface area contributed by atoms with E-state index in [1.807, 2.05) is 6.92 Å². The van der Waals surface area contributed by atoms with Crippen molar-refractivity contribution in [3.63, 3.8) is 0 Å². The average Bonchev–Trinajstić information content (AvgIpc) is 3.06. The lowest BCUT2D eigenvalue weighted by Gasteiger charge is -2.13. The van der Waals surface area contributed by atoms with E-state index in [0.717, 1.165) is 9.87 Å². The SMILES string of the molecule is C[C@@H](NC(=O)CNC(=O)c1cccc(S(=O)(=O)N(C)C)c1)c1cnn(C)c1. The minimum Gasteiger partial charge on any atom is -0.348 e. The molecule has 10 heteroatoms. The molecule has 1 atom stereocenters. The summed E-state index contributed by atoms with van der Waals surface area (Å²) in [5.74, 6) is -0.897. The van der Waals surface area contributed by atoms with Crippen LogP contribution in [-0.4, -0.2) is 55.0 Å². The molecule has 2 N–H and O–H groups in total. The molecular weight excluding hydrogens is 370 g/mol. The molecule has 1 heterocycles. The highest BCUT2D eigenvalue weighted by atomic mass is 32.2. The fourth-order valence-electron chi connectivity index (χ4n) is 2.31. The molecule has 1 aromatic heterocycles. The van der Waals surface area contributed by atoms with Crippen molar-refractivity contribution in [1.29, 1.82) is 0 Å². The van der Waals surface area contributed by atoms with Crippen molar-refractivity contribution in [3.05, 3.63) is 47.8 Å². The van der Waals surface area contributed by atoms with Gasteiger partial charge in [-0.3, -0.25) is 14.3 Å². The van der Waals surface area contributed by atoms with E-state index < -0.39 is 15.9 Å². The Hall–Kier alpha value is -2.72. The lowest BCUT2D eigenvalue weighted by atomic mass is 10.2. The molecule has 9 nitrogen and oxygen atoms in total. The van der Waals surface area contributed by atoms with Gasteiger partial charge in [-0.2, -0.15) is 5.10 Å². The monoisotopic (exact) mass is 393 g/mol. The zero-order valence-electron chi connectivity index (χ0n) is 15.6. The van der Waals surface area contributed by atoms with Gasteiger partial charge in [0.05, 0.1) is 23.7 Å². The normalized spacial score (nSPS) is 12.6. The number of hydrogen-bond donors (Lipinski definition) is 2. The van der Waals surface area contributed by atoms with Gasteiger partial charge in [0.15, 0.2) is 0 Å². The van der Waals surface area contributed by atoms with Gasteiger partial charge in [-0.05, 0) is 25.1 Å². The Kier molecular flexibility index (Phi) is 6.34. The molecule has 0 saturated heterocycles. The van der Waals surface area contributed by atoms with Crippen molar-refractivity contribution < 1.29 is 18.0 Å². The summed E-state index contributed by atoms with van der Waals surface area (Å²) in [7, 11) is 0.963. The number of carbonyl (C=O) groups excluding carboxylic acids is 2. The van der Waals surface area contributed by atoms with Crippen LogP contribution in [0, 0.1) is 0 Å². The Labute approximate surface area is 158 Å². The molecule has 146 valence electrons. The third kappa shape index (κ3) is 5.14. The Balaban J connectivity index is 1.96. The highest BCUT2D eigenvalue weighted by Gasteiger charge is 2.19. The predicted molar refractivity (Wildman–Crippen MR) is 99.4 cm³/mol. The first-order valence-corrected chi connectivity index (χ1v) is 9.64. The number of nitrogens with zero attached hydrogens (tertiary/aromatic N) is 3. The van der Waals surface area contributed by atoms with Crippen molar-refractivity contribution in [2.24, 2.45) is 7.05 Å². The first-order chi connectivity index (χ1) is 12.6. The Bertz CT molecular complexity index is 936. The molecule has 0 aliphatic rings. The number of nitrogens with one attached hydrogen (secondary N) is 2. The fraction of sp³-hybridized carbons (Fsp3) is 0.353. The second kappa shape index (κ2) is 8.31. The topological polar surface area (TPSA) is 113 Å². The third-order valence-electron chi connectivity index (χ3n) is 3.89. The van der Waals surface area contributed by atoms with Crippen LogP contribution in [-0.2, 0) is 21.9 Å². The number of sulfonamides is 1. The average molecular weight is 393 g/mol. The van der Waals surface area contributed by atoms with E-state index in [9.17, 15) is 18.0 Å². The van der Waals surface area contributed by atoms with Gasteiger partial charge < -0.3 is 10.6 Å². The summed E-state index contributed by atoms with van der Waals surface area (Å²) in [5.41, 5.74) is 1.00. The quantitative estimate of drug-likeness (QED) is 0.701. The molecule has 2 amide bonds. The second-order valence-corrected chi connectivity index (χ2v) is 8.39. The summed E-state index contributed by atoms with van der Waals surface area (Å²) >= 11 is 0. The molecule has 0 unspecified atom stereocenters. The zero-order valence-corrected chi connectivity index (χ0v) is 16.4. The van der Waals surface area contributed by atoms with E-state index >= 15 is 0 Å². The van der Waals surface area contributed by atoms with Crippen LogP contribution in [0.3, 0.4) is 0 Å². The van der Waals surface area contributed by atoms with Gasteiger partial charge in [0, 0.05) is 38.5 Å². The molecule has 0 radical (unpaired) electrons. The Morgan fingerprint density at radius 1 is 1.30 bits per heavy atom. The van der Waals surface area contributed by atoms with Gasteiger partial charge in [-0.1, -0.05) is 6.07 Å². The number of amides is 2. The van der Waals surface area contributed by atoms with E-state index in [4.69, 9.17) is 0 Å². The van der Waals surface area contributed by atoms with Crippen LogP contribution in [0.2, 0.25) is 0 Å². The van der Waals surface area contributed by atoms with Crippen molar-refractivity contribution in [2.75, 3.05) is 20.6 Å². The predicted octanol–water partition coefficient (Wildman–Crippen LogP) is 0.278. The smallest absolute Gasteiger partial charge is 0.251 e. The molecule has 2 aromatic rings. The molecule has 2 rings (SSSR count). The maximum absolute atomic E-state index is 12.2. The van der Waals surface area contributed by atoms with Crippen LogP contribution in [0.5, 0.6) is 0 Å². The van der Waals surface area contributed by atoms with Crippen molar-refractivity contribution >= 4 is 21.8 Å². The Morgan fingerprint density at radius 3 is 2.59 bits per heavy atom. The van der Waals surface area contributed by atoms with Gasteiger partial charge in [0.2, 0.25) is 15.9 Å². The molecule has 0 spiro atoms. The summed E-state index contributed by atoms with van der Waals surface area (Å²) in [6, 6.07) is 5.40. The van der Waals surface area contributed by atoms with Crippen LogP contribution in [0.25, 0.3) is 0 Å². The van der Waals surface area contributed by atoms with Crippen molar-refractivity contribution in [1.82, 2.24) is 24.7 Å². The lowest BCUT2D eigenvalue weighted by Crippen LogP contribution is -2.38. The third-order valence-corrected chi connectivity index (χ3v) is 5.70. The zero-order chi connectivity index (χ0) is 20.2. The van der Waals surface area contributed by atoms with E-state index in [1.54, 1.807) is 24.1 Å². The molecule has 0 aliphatic heterocycles. The van der Waals surface area contributed by atoms with E-state index in [0.29, 0.717) is 0 Å². The first kappa shape index (κ1) is 20.6. The minimum atomic E-state index is -3.64. The van der Waals surface area contributed by atoms with Gasteiger partial charge in [-0.15, -0.1) is 0 Å². The number of aromatic nitrogens is 2. The summed E-state index contributed by atoms with van der Waals surface area (Å²) in [6.07, 6.45) is 3.44. The second-order valence-electron chi connectivity index (χ2n) is 6.23. The lowest BCUT2D eigenvalue weighted by molar-refractivity contribution is -0.120. The molecule has 0 fully saturated rings. The minimum absolute atomic E-state index is 0.00908. The Morgan fingerprint density at radius 2 is 2.00 bits per heavy atom. The molecule has 0 aliphatic carbocycles. The number of carbonyl (C=O) groups is 2. The van der Waals surface area contributed by atoms with Gasteiger partial charge in [-0.25, -0.2) is 12.7 Å². The summed E-state index contributed by atoms with van der Waals surface area (Å²) in [5, 5.41) is 9.29. The molecular formula is C17H23N5O4S. The maximum Gasteiger partial charge on any atom is 0.251 e. The molecule has 27 heavy (non-hydrogen) atoms. The van der Waals surface area contributed by atoms with E-state index in [2.05, 4.69) is 15.7 Å². The summed E-state index contributed by atoms with van der Waals surface area (Å²) < 4.78 is 27.0. The molecule has 0 saturated carbocycles. The van der Waals surface area contributed by atoms with Crippen molar-refractivity contribution in [3.8, 4) is 0 Å². The fourth-order valence-corrected chi connectivity index (χ4v) is 3.26. The van der Waals surface area contributed by atoms with Crippen molar-refractivity contribution in [2.45, 2.75) is 17.9 Å². The van der Waals surface area contributed by atoms with E-state index in [1.165, 1.54) is 38.4 Å². The standard InChI is InChI=1S/C17H23N5O4S/c1-12(14-9-19-22(4)11-14)20-16(23)10-18-17(24)13-6-5-7-15(8-13)27(25,26)21(2)3/h5-9,11-12H,10H2,1-4H3,(H,18,24)(H,20,23)/t12-/m1/s1. The van der Waals surface area contributed by atoms with Gasteiger partial charge >= 0.3 is 0 Å². The van der Waals surface area contributed by atoms with Gasteiger partial charge in [0.1, 0.15) is 0 Å².